The molecule has 1 rings (SSSR count). The summed E-state index contributed by atoms with van der Waals surface area (Å²) < 4.78 is 9.84. The zero-order chi connectivity index (χ0) is 12.0. The third kappa shape index (κ3) is 3.27. The third-order valence-electron chi connectivity index (χ3n) is 2.07. The van der Waals surface area contributed by atoms with E-state index in [1.54, 1.807) is 13.8 Å². The van der Waals surface area contributed by atoms with Gasteiger partial charge in [0.25, 0.3) is 0 Å². The lowest BCUT2D eigenvalue weighted by atomic mass is 10.1. The van der Waals surface area contributed by atoms with Crippen molar-refractivity contribution in [3.63, 3.8) is 0 Å². The second-order valence-electron chi connectivity index (χ2n) is 3.20. The van der Waals surface area contributed by atoms with Crippen LogP contribution in [-0.4, -0.2) is 30.9 Å². The number of carbonyl (C=O) groups excluding carboxylic acids is 2. The van der Waals surface area contributed by atoms with Gasteiger partial charge < -0.3 is 9.47 Å². The maximum atomic E-state index is 11.6. The molecule has 0 unspecified atom stereocenters. The van der Waals surface area contributed by atoms with E-state index in [1.807, 2.05) is 0 Å². The zero-order valence-electron chi connectivity index (χ0n) is 9.58. The Hall–Kier alpha value is -0.970. The van der Waals surface area contributed by atoms with Gasteiger partial charge in [-0.2, -0.15) is 0 Å². The first-order valence-electron chi connectivity index (χ1n) is 5.40. The van der Waals surface area contributed by atoms with Gasteiger partial charge in [-0.3, -0.25) is 0 Å². The van der Waals surface area contributed by atoms with E-state index in [0.717, 1.165) is 12.2 Å². The average molecular weight is 244 g/mol. The maximum absolute atomic E-state index is 11.6. The molecular formula is C11H16O4S. The second kappa shape index (κ2) is 6.58. The highest BCUT2D eigenvalue weighted by Crippen LogP contribution is 2.31. The Labute approximate surface area is 99.4 Å². The number of rotatable bonds is 4. The predicted molar refractivity (Wildman–Crippen MR) is 62.0 cm³/mol. The minimum Gasteiger partial charge on any atom is -0.463 e. The van der Waals surface area contributed by atoms with Crippen LogP contribution in [0.3, 0.4) is 0 Å². The molecule has 1 aliphatic rings. The highest BCUT2D eigenvalue weighted by atomic mass is 32.2. The molecular weight excluding hydrogens is 228 g/mol. The Bertz CT molecular complexity index is 279. The summed E-state index contributed by atoms with van der Waals surface area (Å²) in [6.07, 6.45) is 1.49. The van der Waals surface area contributed by atoms with Crippen LogP contribution < -0.4 is 0 Å². The van der Waals surface area contributed by atoms with Gasteiger partial charge in [-0.15, -0.1) is 11.8 Å². The minimum absolute atomic E-state index is 0.318. The molecule has 90 valence electrons. The van der Waals surface area contributed by atoms with Gasteiger partial charge in [0, 0.05) is 0 Å². The smallest absolute Gasteiger partial charge is 0.345 e. The van der Waals surface area contributed by atoms with Gasteiger partial charge in [-0.25, -0.2) is 9.59 Å². The number of hydrogen-bond acceptors (Lipinski definition) is 5. The number of esters is 2. The second-order valence-corrected chi connectivity index (χ2v) is 4.31. The van der Waals surface area contributed by atoms with Crippen molar-refractivity contribution in [2.75, 3.05) is 19.0 Å². The maximum Gasteiger partial charge on any atom is 0.345 e. The SMILES string of the molecule is CCOC(=O)C1=C(C(=O)OCC)SCCC1. The lowest BCUT2D eigenvalue weighted by Gasteiger charge is -2.17. The molecule has 0 saturated carbocycles. The van der Waals surface area contributed by atoms with Crippen LogP contribution in [0.4, 0.5) is 0 Å². The van der Waals surface area contributed by atoms with E-state index in [-0.39, 0.29) is 0 Å². The van der Waals surface area contributed by atoms with Crippen molar-refractivity contribution in [1.29, 1.82) is 0 Å². The highest BCUT2D eigenvalue weighted by molar-refractivity contribution is 8.04. The van der Waals surface area contributed by atoms with E-state index < -0.39 is 11.9 Å². The van der Waals surface area contributed by atoms with Gasteiger partial charge in [0.15, 0.2) is 0 Å². The molecule has 0 spiro atoms. The molecule has 0 amide bonds. The van der Waals surface area contributed by atoms with E-state index in [1.165, 1.54) is 11.8 Å². The largest absolute Gasteiger partial charge is 0.463 e. The van der Waals surface area contributed by atoms with Crippen molar-refractivity contribution in [3.05, 3.63) is 10.5 Å². The summed E-state index contributed by atoms with van der Waals surface area (Å²) in [6.45, 7) is 4.14. The highest BCUT2D eigenvalue weighted by Gasteiger charge is 2.26. The first-order valence-corrected chi connectivity index (χ1v) is 6.39. The molecule has 0 bridgehead atoms. The van der Waals surface area contributed by atoms with Crippen LogP contribution in [0.1, 0.15) is 26.7 Å². The van der Waals surface area contributed by atoms with Crippen molar-refractivity contribution in [2.45, 2.75) is 26.7 Å². The van der Waals surface area contributed by atoms with Gasteiger partial charge in [-0.05, 0) is 32.4 Å². The van der Waals surface area contributed by atoms with Crippen LogP contribution in [0.5, 0.6) is 0 Å². The molecule has 0 atom stereocenters. The molecule has 16 heavy (non-hydrogen) atoms. The zero-order valence-corrected chi connectivity index (χ0v) is 10.4. The van der Waals surface area contributed by atoms with Crippen molar-refractivity contribution in [2.24, 2.45) is 0 Å². The summed E-state index contributed by atoms with van der Waals surface area (Å²) in [5.41, 5.74) is 0.469. The number of carbonyl (C=O) groups is 2. The van der Waals surface area contributed by atoms with Crippen molar-refractivity contribution < 1.29 is 19.1 Å². The Morgan fingerprint density at radius 2 is 1.81 bits per heavy atom. The standard InChI is InChI=1S/C11H16O4S/c1-3-14-10(12)8-6-5-7-16-9(8)11(13)15-4-2/h3-7H2,1-2H3. The number of hydrogen-bond donors (Lipinski definition) is 0. The average Bonchev–Trinajstić information content (AvgIpc) is 2.30. The normalized spacial score (nSPS) is 15.9. The fourth-order valence-corrected chi connectivity index (χ4v) is 2.44. The summed E-state index contributed by atoms with van der Waals surface area (Å²) in [5.74, 6) is 0.0462. The quantitative estimate of drug-likeness (QED) is 0.707. The Morgan fingerprint density at radius 3 is 2.44 bits per heavy atom. The summed E-state index contributed by atoms with van der Waals surface area (Å²) in [4.78, 5) is 23.6. The molecule has 1 aliphatic heterocycles. The molecule has 5 heteroatoms. The molecule has 1 heterocycles. The van der Waals surface area contributed by atoms with Crippen molar-refractivity contribution in [1.82, 2.24) is 0 Å². The first-order chi connectivity index (χ1) is 7.70. The van der Waals surface area contributed by atoms with E-state index >= 15 is 0 Å². The van der Waals surface area contributed by atoms with Gasteiger partial charge in [0.2, 0.25) is 0 Å². The number of thioether (sulfide) groups is 1. The Morgan fingerprint density at radius 1 is 1.19 bits per heavy atom. The Kier molecular flexibility index (Phi) is 5.38. The third-order valence-corrected chi connectivity index (χ3v) is 3.27. The monoisotopic (exact) mass is 244 g/mol. The summed E-state index contributed by atoms with van der Waals surface area (Å²) in [7, 11) is 0. The lowest BCUT2D eigenvalue weighted by molar-refractivity contribution is -0.141. The van der Waals surface area contributed by atoms with Crippen LogP contribution in [0.25, 0.3) is 0 Å². The molecule has 0 aromatic heterocycles. The van der Waals surface area contributed by atoms with Crippen LogP contribution in [0, 0.1) is 0 Å². The van der Waals surface area contributed by atoms with E-state index in [4.69, 9.17) is 9.47 Å². The van der Waals surface area contributed by atoms with E-state index in [9.17, 15) is 9.59 Å². The molecule has 0 N–H and O–H groups in total. The molecule has 0 radical (unpaired) electrons. The predicted octanol–water partition coefficient (Wildman–Crippen LogP) is 1.89. The van der Waals surface area contributed by atoms with E-state index in [0.29, 0.717) is 30.1 Å². The van der Waals surface area contributed by atoms with Gasteiger partial charge in [-0.1, -0.05) is 0 Å². The molecule has 0 fully saturated rings. The van der Waals surface area contributed by atoms with Gasteiger partial charge >= 0.3 is 11.9 Å². The molecule has 0 aromatic carbocycles. The van der Waals surface area contributed by atoms with Gasteiger partial charge in [0.1, 0.15) is 4.91 Å². The van der Waals surface area contributed by atoms with E-state index in [2.05, 4.69) is 0 Å². The van der Waals surface area contributed by atoms with Crippen LogP contribution in [0.15, 0.2) is 10.5 Å². The summed E-state index contributed by atoms with van der Waals surface area (Å²) in [5, 5.41) is 0. The van der Waals surface area contributed by atoms with Crippen molar-refractivity contribution in [3.8, 4) is 0 Å². The molecule has 0 aliphatic carbocycles. The lowest BCUT2D eigenvalue weighted by Crippen LogP contribution is -2.18. The Balaban J connectivity index is 2.86. The molecule has 4 nitrogen and oxygen atoms in total. The fourth-order valence-electron chi connectivity index (χ4n) is 1.42. The van der Waals surface area contributed by atoms with Gasteiger partial charge in [0.05, 0.1) is 18.8 Å². The van der Waals surface area contributed by atoms with Crippen LogP contribution in [-0.2, 0) is 19.1 Å². The topological polar surface area (TPSA) is 52.6 Å². The minimum atomic E-state index is -0.407. The molecule has 0 aromatic rings. The summed E-state index contributed by atoms with van der Waals surface area (Å²) >= 11 is 1.38. The van der Waals surface area contributed by atoms with Crippen LogP contribution in [0.2, 0.25) is 0 Å². The first kappa shape index (κ1) is 13.1. The summed E-state index contributed by atoms with van der Waals surface area (Å²) in [6, 6.07) is 0. The van der Waals surface area contributed by atoms with Crippen molar-refractivity contribution >= 4 is 23.7 Å². The van der Waals surface area contributed by atoms with Crippen LogP contribution >= 0.6 is 11.8 Å². The fraction of sp³-hybridized carbons (Fsp3) is 0.636. The molecule has 0 saturated heterocycles. The number of ether oxygens (including phenoxy) is 2.